The molecule has 0 saturated carbocycles. The van der Waals surface area contributed by atoms with Crippen molar-refractivity contribution in [3.8, 4) is 0 Å². The second-order valence-corrected chi connectivity index (χ2v) is 7.66. The highest BCUT2D eigenvalue weighted by Crippen LogP contribution is 2.27. The van der Waals surface area contributed by atoms with Crippen LogP contribution in [0, 0.1) is 11.8 Å². The summed E-state index contributed by atoms with van der Waals surface area (Å²) in [6.45, 7) is 4.28. The normalized spacial score (nSPS) is 24.1. The van der Waals surface area contributed by atoms with Crippen molar-refractivity contribution in [1.82, 2.24) is 19.8 Å². The number of hydrogen-bond donors (Lipinski definition) is 1. The highest BCUT2D eigenvalue weighted by atomic mass is 32.1. The lowest BCUT2D eigenvalue weighted by Gasteiger charge is -2.21. The maximum absolute atomic E-state index is 12.5. The molecule has 4 rings (SSSR count). The van der Waals surface area contributed by atoms with Crippen molar-refractivity contribution in [2.75, 3.05) is 26.2 Å². The van der Waals surface area contributed by atoms with Gasteiger partial charge in [-0.25, -0.2) is 4.98 Å². The first kappa shape index (κ1) is 15.8. The van der Waals surface area contributed by atoms with E-state index in [9.17, 15) is 9.59 Å². The zero-order chi connectivity index (χ0) is 16.5. The molecule has 24 heavy (non-hydrogen) atoms. The molecule has 2 aromatic heterocycles. The lowest BCUT2D eigenvalue weighted by Crippen LogP contribution is -2.34. The van der Waals surface area contributed by atoms with Crippen LogP contribution in [0.1, 0.15) is 19.3 Å². The summed E-state index contributed by atoms with van der Waals surface area (Å²) in [5, 5.41) is 5.97. The van der Waals surface area contributed by atoms with Gasteiger partial charge in [0.15, 0.2) is 0 Å². The fourth-order valence-corrected chi connectivity index (χ4v) is 4.62. The number of aryl methyl sites for hydroxylation is 1. The summed E-state index contributed by atoms with van der Waals surface area (Å²) in [5.74, 6) is 1.59. The Kier molecular flexibility index (Phi) is 4.37. The minimum Gasteiger partial charge on any atom is -0.343 e. The van der Waals surface area contributed by atoms with Gasteiger partial charge in [-0.3, -0.25) is 14.2 Å². The number of fused-ring (bicyclic) bond motifs is 2. The Morgan fingerprint density at radius 2 is 2.04 bits per heavy atom. The van der Waals surface area contributed by atoms with E-state index in [1.807, 2.05) is 10.3 Å². The van der Waals surface area contributed by atoms with Crippen LogP contribution in [0.2, 0.25) is 0 Å². The van der Waals surface area contributed by atoms with Gasteiger partial charge in [0.1, 0.15) is 4.83 Å². The fraction of sp³-hybridized carbons (Fsp3) is 0.588. The van der Waals surface area contributed by atoms with E-state index in [0.717, 1.165) is 55.7 Å². The van der Waals surface area contributed by atoms with E-state index < -0.39 is 0 Å². The predicted octanol–water partition coefficient (Wildman–Crippen LogP) is 1.31. The zero-order valence-corrected chi connectivity index (χ0v) is 14.4. The van der Waals surface area contributed by atoms with Crippen molar-refractivity contribution in [3.63, 3.8) is 0 Å². The van der Waals surface area contributed by atoms with Crippen LogP contribution in [0.25, 0.3) is 10.2 Å². The van der Waals surface area contributed by atoms with Crippen LogP contribution in [-0.2, 0) is 11.3 Å². The Morgan fingerprint density at radius 3 is 2.79 bits per heavy atom. The summed E-state index contributed by atoms with van der Waals surface area (Å²) >= 11 is 1.46. The number of thiophene rings is 1. The second-order valence-electron chi connectivity index (χ2n) is 6.77. The number of carbonyl (C=O) groups is 1. The van der Waals surface area contributed by atoms with Gasteiger partial charge in [0.2, 0.25) is 5.91 Å². The van der Waals surface area contributed by atoms with Crippen molar-refractivity contribution in [1.29, 1.82) is 0 Å². The quantitative estimate of drug-likeness (QED) is 0.910. The van der Waals surface area contributed by atoms with Crippen LogP contribution < -0.4 is 10.9 Å². The lowest BCUT2D eigenvalue weighted by molar-refractivity contribution is -0.131. The molecule has 2 saturated heterocycles. The van der Waals surface area contributed by atoms with Crippen LogP contribution in [0.5, 0.6) is 0 Å². The van der Waals surface area contributed by atoms with Crippen molar-refractivity contribution >= 4 is 27.5 Å². The van der Waals surface area contributed by atoms with Crippen LogP contribution in [0.3, 0.4) is 0 Å². The van der Waals surface area contributed by atoms with Crippen molar-refractivity contribution in [2.24, 2.45) is 11.8 Å². The third-order valence-electron chi connectivity index (χ3n) is 5.39. The van der Waals surface area contributed by atoms with Crippen molar-refractivity contribution in [2.45, 2.75) is 25.8 Å². The molecular formula is C17H22N4O2S. The van der Waals surface area contributed by atoms with Gasteiger partial charge in [-0.2, -0.15) is 0 Å². The largest absolute Gasteiger partial charge is 0.343 e. The number of nitrogens with zero attached hydrogens (tertiary/aromatic N) is 3. The van der Waals surface area contributed by atoms with Gasteiger partial charge >= 0.3 is 0 Å². The SMILES string of the molecule is O=C(CCn1cnc2sccc2c1=O)N1CC[C@@H]2CNC[C@@H]2CC1. The molecule has 1 N–H and O–H groups in total. The van der Waals surface area contributed by atoms with Crippen molar-refractivity contribution < 1.29 is 4.79 Å². The Labute approximate surface area is 144 Å². The minimum absolute atomic E-state index is 0.0504. The molecule has 128 valence electrons. The topological polar surface area (TPSA) is 67.2 Å². The van der Waals surface area contributed by atoms with E-state index in [1.54, 1.807) is 17.0 Å². The van der Waals surface area contributed by atoms with Crippen LogP contribution in [-0.4, -0.2) is 46.5 Å². The smallest absolute Gasteiger partial charge is 0.262 e. The molecule has 0 aromatic carbocycles. The van der Waals surface area contributed by atoms with Gasteiger partial charge in [0.25, 0.3) is 5.56 Å². The number of amides is 1. The highest BCUT2D eigenvalue weighted by Gasteiger charge is 2.31. The molecule has 2 atom stereocenters. The number of nitrogens with one attached hydrogen (secondary N) is 1. The van der Waals surface area contributed by atoms with Gasteiger partial charge in [-0.1, -0.05) is 0 Å². The van der Waals surface area contributed by atoms with Crippen LogP contribution in [0.15, 0.2) is 22.6 Å². The molecule has 0 aliphatic carbocycles. The van der Waals surface area contributed by atoms with E-state index in [1.165, 1.54) is 11.3 Å². The molecule has 2 aromatic rings. The lowest BCUT2D eigenvalue weighted by atomic mass is 9.92. The summed E-state index contributed by atoms with van der Waals surface area (Å²) < 4.78 is 1.56. The predicted molar refractivity (Wildman–Crippen MR) is 94.2 cm³/mol. The number of aromatic nitrogens is 2. The molecule has 0 bridgehead atoms. The van der Waals surface area contributed by atoms with Crippen LogP contribution >= 0.6 is 11.3 Å². The number of rotatable bonds is 3. The van der Waals surface area contributed by atoms with Gasteiger partial charge in [-0.05, 0) is 49.2 Å². The molecule has 0 unspecified atom stereocenters. The molecule has 2 aliphatic heterocycles. The summed E-state index contributed by atoms with van der Waals surface area (Å²) in [7, 11) is 0. The molecular weight excluding hydrogens is 324 g/mol. The summed E-state index contributed by atoms with van der Waals surface area (Å²) in [4.78, 5) is 32.0. The average Bonchev–Trinajstić information content (AvgIpc) is 3.20. The monoisotopic (exact) mass is 346 g/mol. The molecule has 2 fully saturated rings. The molecule has 0 spiro atoms. The third-order valence-corrected chi connectivity index (χ3v) is 6.21. The first-order chi connectivity index (χ1) is 11.7. The Balaban J connectivity index is 1.39. The fourth-order valence-electron chi connectivity index (χ4n) is 3.89. The van der Waals surface area contributed by atoms with Crippen LogP contribution in [0.4, 0.5) is 0 Å². The van der Waals surface area contributed by atoms with E-state index >= 15 is 0 Å². The van der Waals surface area contributed by atoms with Crippen molar-refractivity contribution in [3.05, 3.63) is 28.1 Å². The van der Waals surface area contributed by atoms with E-state index in [-0.39, 0.29) is 11.5 Å². The third kappa shape index (κ3) is 2.98. The summed E-state index contributed by atoms with van der Waals surface area (Å²) in [5.41, 5.74) is -0.0504. The number of likely N-dealkylation sites (tertiary alicyclic amines) is 1. The molecule has 6 nitrogen and oxygen atoms in total. The van der Waals surface area contributed by atoms with Gasteiger partial charge in [-0.15, -0.1) is 11.3 Å². The van der Waals surface area contributed by atoms with Gasteiger partial charge < -0.3 is 10.2 Å². The van der Waals surface area contributed by atoms with E-state index in [4.69, 9.17) is 0 Å². The molecule has 1 amide bonds. The first-order valence-electron chi connectivity index (χ1n) is 8.63. The molecule has 0 radical (unpaired) electrons. The zero-order valence-electron chi connectivity index (χ0n) is 13.6. The summed E-state index contributed by atoms with van der Waals surface area (Å²) in [6, 6.07) is 1.80. The second kappa shape index (κ2) is 6.64. The number of hydrogen-bond acceptors (Lipinski definition) is 5. The minimum atomic E-state index is -0.0504. The molecule has 4 heterocycles. The average molecular weight is 346 g/mol. The first-order valence-corrected chi connectivity index (χ1v) is 9.51. The van der Waals surface area contributed by atoms with Gasteiger partial charge in [0, 0.05) is 26.1 Å². The molecule has 7 heteroatoms. The maximum Gasteiger partial charge on any atom is 0.262 e. The summed E-state index contributed by atoms with van der Waals surface area (Å²) in [6.07, 6.45) is 4.11. The highest BCUT2D eigenvalue weighted by molar-refractivity contribution is 7.16. The van der Waals surface area contributed by atoms with Gasteiger partial charge in [0.05, 0.1) is 11.7 Å². The van der Waals surface area contributed by atoms with E-state index in [0.29, 0.717) is 18.4 Å². The maximum atomic E-state index is 12.5. The Hall–Kier alpha value is -1.73. The number of carbonyl (C=O) groups excluding carboxylic acids is 1. The Morgan fingerprint density at radius 1 is 1.29 bits per heavy atom. The Bertz CT molecular complexity index is 785. The molecule has 2 aliphatic rings. The standard InChI is InChI=1S/C17H22N4O2S/c22-15(20-5-1-12-9-18-10-13(12)2-6-20)3-7-21-11-19-16-14(17(21)23)4-8-24-16/h4,8,11-13,18H,1-3,5-7,9-10H2/t12-,13+. The van der Waals surface area contributed by atoms with E-state index in [2.05, 4.69) is 10.3 Å².